The summed E-state index contributed by atoms with van der Waals surface area (Å²) in [5, 5.41) is 2.26. The maximum Gasteiger partial charge on any atom is 0.146 e. The van der Waals surface area contributed by atoms with Crippen molar-refractivity contribution in [3.63, 3.8) is 0 Å². The number of aromatic nitrogens is 4. The van der Waals surface area contributed by atoms with Gasteiger partial charge in [0, 0.05) is 22.7 Å². The minimum Gasteiger partial charge on any atom is -0.338 e. The van der Waals surface area contributed by atoms with E-state index in [0.29, 0.717) is 11.1 Å². The van der Waals surface area contributed by atoms with E-state index in [1.54, 1.807) is 6.20 Å². The number of benzene rings is 3. The summed E-state index contributed by atoms with van der Waals surface area (Å²) in [5.74, 6) is 0. The van der Waals surface area contributed by atoms with Gasteiger partial charge in [-0.2, -0.15) is 0 Å². The lowest BCUT2D eigenvalue weighted by atomic mass is 9.99. The van der Waals surface area contributed by atoms with E-state index in [9.17, 15) is 9.59 Å². The van der Waals surface area contributed by atoms with E-state index in [1.165, 1.54) is 0 Å². The first-order chi connectivity index (χ1) is 14.7. The number of hydrogen-bond acceptors (Lipinski definition) is 4. The minimum absolute atomic E-state index is 0.0375. The molecule has 0 spiro atoms. The van der Waals surface area contributed by atoms with Crippen LogP contribution in [0.1, 0.15) is 0 Å². The maximum atomic E-state index is 10.7. The molecule has 2 aromatic heterocycles. The number of rotatable bonds is 6. The fourth-order valence-electron chi connectivity index (χ4n) is 3.50. The van der Waals surface area contributed by atoms with Gasteiger partial charge in [0.05, 0.1) is 22.9 Å². The van der Waals surface area contributed by atoms with E-state index < -0.39 is 0 Å². The average Bonchev–Trinajstić information content (AvgIpc) is 3.39. The van der Waals surface area contributed by atoms with Gasteiger partial charge in [-0.1, -0.05) is 30.3 Å². The second-order valence-electron chi connectivity index (χ2n) is 6.76. The van der Waals surface area contributed by atoms with Crippen molar-refractivity contribution in [1.29, 1.82) is 0 Å². The molecule has 5 aromatic rings. The quantitative estimate of drug-likeness (QED) is 0.317. The van der Waals surface area contributed by atoms with Crippen molar-refractivity contribution in [1.82, 2.24) is 19.9 Å². The lowest BCUT2D eigenvalue weighted by Crippen LogP contribution is -1.97. The Balaban J connectivity index is 1.49. The zero-order chi connectivity index (χ0) is 20.5. The van der Waals surface area contributed by atoms with E-state index in [2.05, 4.69) is 62.4 Å². The third-order valence-electron chi connectivity index (χ3n) is 4.93. The molecule has 0 bridgehead atoms. The van der Waals surface area contributed by atoms with Crippen molar-refractivity contribution in [3.05, 3.63) is 60.8 Å². The van der Waals surface area contributed by atoms with E-state index >= 15 is 0 Å². The molecule has 2 N–H and O–H groups in total. The molecular weight excluding hydrogens is 414 g/mol. The molecule has 6 nitrogen and oxygen atoms in total. The first-order valence-electron chi connectivity index (χ1n) is 9.23. The number of nitrogens with one attached hydrogen (secondary N) is 2. The third-order valence-corrected chi connectivity index (χ3v) is 6.21. The van der Waals surface area contributed by atoms with Gasteiger partial charge < -0.3 is 9.97 Å². The predicted octanol–water partition coefficient (Wildman–Crippen LogP) is 3.76. The highest BCUT2D eigenvalue weighted by atomic mass is 31.1. The number of carbonyl (C=O) groups is 2. The van der Waals surface area contributed by atoms with Gasteiger partial charge in [-0.05, 0) is 46.2 Å². The molecule has 0 saturated heterocycles. The first kappa shape index (κ1) is 18.8. The van der Waals surface area contributed by atoms with Crippen molar-refractivity contribution >= 4 is 62.2 Å². The number of carbonyl (C=O) groups excluding carboxylic acids is 2. The van der Waals surface area contributed by atoms with Gasteiger partial charge in [0.1, 0.15) is 23.2 Å². The highest BCUT2D eigenvalue weighted by Crippen LogP contribution is 2.29. The van der Waals surface area contributed by atoms with Crippen molar-refractivity contribution in [2.75, 3.05) is 0 Å². The molecule has 2 unspecified atom stereocenters. The van der Waals surface area contributed by atoms with Crippen LogP contribution in [0.5, 0.6) is 0 Å². The van der Waals surface area contributed by atoms with Gasteiger partial charge >= 0.3 is 0 Å². The highest BCUT2D eigenvalue weighted by Gasteiger charge is 2.08. The molecular formula is C22H16N4O2P2. The SMILES string of the molecule is O=CPc1ncc(-c2ccc3cc(-c4ccc5nc(PC=O)[nH]c5c4)ccc3c2)[nH]1. The van der Waals surface area contributed by atoms with Crippen LogP contribution in [-0.2, 0) is 9.59 Å². The van der Waals surface area contributed by atoms with E-state index in [-0.39, 0.29) is 17.2 Å². The molecule has 5 rings (SSSR count). The van der Waals surface area contributed by atoms with Crippen LogP contribution in [0.4, 0.5) is 0 Å². The minimum atomic E-state index is 0.0375. The molecule has 8 heteroatoms. The summed E-state index contributed by atoms with van der Waals surface area (Å²) in [5.41, 5.74) is 7.34. The van der Waals surface area contributed by atoms with Crippen LogP contribution < -0.4 is 11.1 Å². The zero-order valence-electron chi connectivity index (χ0n) is 15.6. The molecule has 30 heavy (non-hydrogen) atoms. The fourth-order valence-corrected chi connectivity index (χ4v) is 4.46. The van der Waals surface area contributed by atoms with Gasteiger partial charge in [0.2, 0.25) is 0 Å². The van der Waals surface area contributed by atoms with Crippen LogP contribution in [0, 0.1) is 0 Å². The summed E-state index contributed by atoms with van der Waals surface area (Å²) >= 11 is 0. The Morgan fingerprint density at radius 3 is 2.20 bits per heavy atom. The molecule has 0 aliphatic heterocycles. The molecule has 0 aliphatic rings. The van der Waals surface area contributed by atoms with E-state index in [0.717, 1.165) is 56.2 Å². The number of hydrogen-bond donors (Lipinski definition) is 2. The Bertz CT molecular complexity index is 1410. The Labute approximate surface area is 175 Å². The second kappa shape index (κ2) is 7.91. The molecule has 146 valence electrons. The number of nitrogens with zero attached hydrogens (tertiary/aromatic N) is 2. The Hall–Kier alpha value is -3.20. The molecule has 2 atom stereocenters. The molecule has 0 radical (unpaired) electrons. The van der Waals surface area contributed by atoms with Crippen molar-refractivity contribution in [2.24, 2.45) is 0 Å². The largest absolute Gasteiger partial charge is 0.338 e. The maximum absolute atomic E-state index is 10.7. The molecule has 0 amide bonds. The highest BCUT2D eigenvalue weighted by molar-refractivity contribution is 7.62. The van der Waals surface area contributed by atoms with Gasteiger partial charge in [-0.3, -0.25) is 9.59 Å². The third kappa shape index (κ3) is 3.56. The standard InChI is InChI=1S/C22H16N4O2P2/c27-11-29-21-23-10-20(26-21)17-4-3-13-7-14(1-2-15(13)8-17)16-5-6-18-19(9-16)25-22(24-18)30-12-28/h1-12,29-30H,(H,23,26)(H,24,25). The molecule has 2 heterocycles. The van der Waals surface area contributed by atoms with Gasteiger partial charge in [-0.15, -0.1) is 0 Å². The zero-order valence-corrected chi connectivity index (χ0v) is 17.6. The normalized spacial score (nSPS) is 12.0. The number of aromatic amines is 2. The summed E-state index contributed by atoms with van der Waals surface area (Å²) in [4.78, 5) is 36.5. The molecule has 0 fully saturated rings. The summed E-state index contributed by atoms with van der Waals surface area (Å²) in [7, 11) is 0.0768. The van der Waals surface area contributed by atoms with Crippen LogP contribution in [0.25, 0.3) is 44.2 Å². The fraction of sp³-hybridized carbons (Fsp3) is 0. The molecule has 0 aliphatic carbocycles. The van der Waals surface area contributed by atoms with Crippen LogP contribution in [0.3, 0.4) is 0 Å². The van der Waals surface area contributed by atoms with Crippen LogP contribution in [0.2, 0.25) is 0 Å². The summed E-state index contributed by atoms with van der Waals surface area (Å²) in [6.45, 7) is 0. The van der Waals surface area contributed by atoms with E-state index in [1.807, 2.05) is 12.1 Å². The number of imidazole rings is 2. The van der Waals surface area contributed by atoms with Crippen LogP contribution in [-0.4, -0.2) is 32.0 Å². The Morgan fingerprint density at radius 2 is 1.40 bits per heavy atom. The van der Waals surface area contributed by atoms with E-state index in [4.69, 9.17) is 0 Å². The van der Waals surface area contributed by atoms with Crippen LogP contribution >= 0.6 is 17.2 Å². The first-order valence-corrected chi connectivity index (χ1v) is 11.4. The number of fused-ring (bicyclic) bond motifs is 2. The summed E-state index contributed by atoms with van der Waals surface area (Å²) < 4.78 is 0. The topological polar surface area (TPSA) is 91.5 Å². The monoisotopic (exact) mass is 430 g/mol. The Morgan fingerprint density at radius 1 is 0.733 bits per heavy atom. The predicted molar refractivity (Wildman–Crippen MR) is 126 cm³/mol. The molecule has 0 saturated carbocycles. The van der Waals surface area contributed by atoms with Gasteiger partial charge in [-0.25, -0.2) is 9.97 Å². The second-order valence-corrected chi connectivity index (χ2v) is 8.76. The smallest absolute Gasteiger partial charge is 0.146 e. The lowest BCUT2D eigenvalue weighted by Gasteiger charge is -2.06. The lowest BCUT2D eigenvalue weighted by molar-refractivity contribution is 0.569. The van der Waals surface area contributed by atoms with Crippen molar-refractivity contribution in [3.8, 4) is 22.4 Å². The van der Waals surface area contributed by atoms with Crippen molar-refractivity contribution in [2.45, 2.75) is 0 Å². The van der Waals surface area contributed by atoms with Gasteiger partial charge in [0.25, 0.3) is 0 Å². The summed E-state index contributed by atoms with van der Waals surface area (Å²) in [6, 6.07) is 20.5. The van der Waals surface area contributed by atoms with Crippen molar-refractivity contribution < 1.29 is 9.59 Å². The Kier molecular flexibility index (Phi) is 4.96. The summed E-state index contributed by atoms with van der Waals surface area (Å²) in [6.07, 6.45) is 1.76. The van der Waals surface area contributed by atoms with Crippen LogP contribution in [0.15, 0.2) is 60.8 Å². The van der Waals surface area contributed by atoms with Gasteiger partial charge in [0.15, 0.2) is 0 Å². The molecule has 3 aromatic carbocycles. The number of H-pyrrole nitrogens is 2. The average molecular weight is 430 g/mol.